The number of para-hydroxylation sites is 1. The lowest BCUT2D eigenvalue weighted by molar-refractivity contribution is -0.120. The highest BCUT2D eigenvalue weighted by Crippen LogP contribution is 2.37. The maximum Gasteiger partial charge on any atom is 0.282 e. The third-order valence-electron chi connectivity index (χ3n) is 5.04. The van der Waals surface area contributed by atoms with Crippen LogP contribution in [0.1, 0.15) is 16.7 Å². The van der Waals surface area contributed by atoms with Gasteiger partial charge in [0.1, 0.15) is 11.4 Å². The number of amides is 2. The van der Waals surface area contributed by atoms with E-state index in [1.807, 2.05) is 62.4 Å². The molecule has 0 saturated heterocycles. The van der Waals surface area contributed by atoms with Crippen molar-refractivity contribution in [2.75, 3.05) is 17.3 Å². The maximum absolute atomic E-state index is 13.5. The standard InChI is InChI=1S/C25H22N2O3/c1-16-11-13-19(14-12-16)27-24(28)22(20-9-4-5-10-21(20)30-3)23(25(27)29)26-18-8-6-7-17(2)15-18/h4-15,26H,1-3H3. The molecule has 150 valence electrons. The fourth-order valence-corrected chi connectivity index (χ4v) is 3.54. The number of ether oxygens (including phenoxy) is 1. The quantitative estimate of drug-likeness (QED) is 0.633. The van der Waals surface area contributed by atoms with E-state index in [2.05, 4.69) is 5.32 Å². The van der Waals surface area contributed by atoms with Crippen LogP contribution < -0.4 is 15.0 Å². The minimum atomic E-state index is -0.397. The van der Waals surface area contributed by atoms with Crippen molar-refractivity contribution in [3.05, 3.63) is 95.2 Å². The normalized spacial score (nSPS) is 13.8. The lowest BCUT2D eigenvalue weighted by Crippen LogP contribution is -2.32. The molecule has 0 aliphatic carbocycles. The molecule has 0 spiro atoms. The molecule has 5 heteroatoms. The molecule has 3 aromatic carbocycles. The van der Waals surface area contributed by atoms with Crippen LogP contribution in [0, 0.1) is 13.8 Å². The highest BCUT2D eigenvalue weighted by molar-refractivity contribution is 6.46. The molecule has 1 aliphatic rings. The molecule has 30 heavy (non-hydrogen) atoms. The van der Waals surface area contributed by atoms with Gasteiger partial charge >= 0.3 is 0 Å². The zero-order valence-corrected chi connectivity index (χ0v) is 17.1. The molecule has 0 saturated carbocycles. The molecule has 3 aromatic rings. The molecule has 0 atom stereocenters. The number of benzene rings is 3. The van der Waals surface area contributed by atoms with Gasteiger partial charge in [-0.25, -0.2) is 4.90 Å². The van der Waals surface area contributed by atoms with Crippen LogP contribution in [0.25, 0.3) is 5.57 Å². The third kappa shape index (κ3) is 3.46. The van der Waals surface area contributed by atoms with E-state index in [4.69, 9.17) is 4.74 Å². The van der Waals surface area contributed by atoms with E-state index in [0.717, 1.165) is 16.8 Å². The van der Waals surface area contributed by atoms with Crippen LogP contribution in [-0.4, -0.2) is 18.9 Å². The van der Waals surface area contributed by atoms with Gasteiger partial charge in [-0.1, -0.05) is 48.0 Å². The van der Waals surface area contributed by atoms with Gasteiger partial charge in [-0.2, -0.15) is 0 Å². The smallest absolute Gasteiger partial charge is 0.282 e. The summed E-state index contributed by atoms with van der Waals surface area (Å²) < 4.78 is 5.47. The minimum absolute atomic E-state index is 0.232. The Labute approximate surface area is 175 Å². The number of imide groups is 1. The Morgan fingerprint density at radius 2 is 1.53 bits per heavy atom. The van der Waals surface area contributed by atoms with E-state index >= 15 is 0 Å². The minimum Gasteiger partial charge on any atom is -0.496 e. The van der Waals surface area contributed by atoms with E-state index in [1.54, 1.807) is 31.4 Å². The number of carbonyl (C=O) groups is 2. The second-order valence-electron chi connectivity index (χ2n) is 7.23. The predicted octanol–water partition coefficient (Wildman–Crippen LogP) is 4.71. The molecule has 2 amide bonds. The zero-order chi connectivity index (χ0) is 21.3. The van der Waals surface area contributed by atoms with Gasteiger partial charge < -0.3 is 10.1 Å². The van der Waals surface area contributed by atoms with Crippen molar-refractivity contribution >= 4 is 28.8 Å². The maximum atomic E-state index is 13.5. The van der Waals surface area contributed by atoms with Gasteiger partial charge in [0.15, 0.2) is 0 Å². The Morgan fingerprint density at radius 1 is 0.800 bits per heavy atom. The molecule has 0 fully saturated rings. The van der Waals surface area contributed by atoms with Crippen molar-refractivity contribution in [1.29, 1.82) is 0 Å². The van der Waals surface area contributed by atoms with Crippen molar-refractivity contribution in [3.63, 3.8) is 0 Å². The first kappa shape index (κ1) is 19.5. The monoisotopic (exact) mass is 398 g/mol. The number of anilines is 2. The molecule has 1 heterocycles. The van der Waals surface area contributed by atoms with Crippen molar-refractivity contribution in [1.82, 2.24) is 0 Å². The summed E-state index contributed by atoms with van der Waals surface area (Å²) in [7, 11) is 1.55. The largest absolute Gasteiger partial charge is 0.496 e. The summed E-state index contributed by atoms with van der Waals surface area (Å²) in [6.45, 7) is 3.93. The molecule has 1 N–H and O–H groups in total. The number of nitrogens with zero attached hydrogens (tertiary/aromatic N) is 1. The number of hydrogen-bond acceptors (Lipinski definition) is 4. The van der Waals surface area contributed by atoms with E-state index in [-0.39, 0.29) is 11.6 Å². The van der Waals surface area contributed by atoms with Crippen LogP contribution in [0.5, 0.6) is 5.75 Å². The fraction of sp³-hybridized carbons (Fsp3) is 0.120. The van der Waals surface area contributed by atoms with Gasteiger partial charge in [-0.15, -0.1) is 0 Å². The summed E-state index contributed by atoms with van der Waals surface area (Å²) >= 11 is 0. The molecule has 0 radical (unpaired) electrons. The average molecular weight is 398 g/mol. The van der Waals surface area contributed by atoms with Gasteiger partial charge in [0, 0.05) is 11.3 Å². The van der Waals surface area contributed by atoms with Crippen LogP contribution in [0.2, 0.25) is 0 Å². The molecule has 4 rings (SSSR count). The first-order valence-electron chi connectivity index (χ1n) is 9.66. The topological polar surface area (TPSA) is 58.6 Å². The summed E-state index contributed by atoms with van der Waals surface area (Å²) in [5.74, 6) is -0.252. The first-order chi connectivity index (χ1) is 14.5. The number of methoxy groups -OCH3 is 1. The van der Waals surface area contributed by atoms with Crippen LogP contribution >= 0.6 is 0 Å². The molecular weight excluding hydrogens is 376 g/mol. The van der Waals surface area contributed by atoms with E-state index < -0.39 is 5.91 Å². The Bertz CT molecular complexity index is 1160. The van der Waals surface area contributed by atoms with Crippen LogP contribution in [0.3, 0.4) is 0 Å². The van der Waals surface area contributed by atoms with Gasteiger partial charge in [-0.05, 0) is 49.7 Å². The Kier molecular flexibility index (Phi) is 5.11. The second-order valence-corrected chi connectivity index (χ2v) is 7.23. The van der Waals surface area contributed by atoms with Crippen LogP contribution in [0.15, 0.2) is 78.5 Å². The van der Waals surface area contributed by atoms with Crippen LogP contribution in [0.4, 0.5) is 11.4 Å². The van der Waals surface area contributed by atoms with Gasteiger partial charge in [0.2, 0.25) is 0 Å². The molecule has 0 bridgehead atoms. The van der Waals surface area contributed by atoms with Crippen molar-refractivity contribution in [3.8, 4) is 5.75 Å². The summed E-state index contributed by atoms with van der Waals surface area (Å²) in [5.41, 5.74) is 4.46. The predicted molar refractivity (Wildman–Crippen MR) is 118 cm³/mol. The van der Waals surface area contributed by atoms with Gasteiger partial charge in [0.25, 0.3) is 11.8 Å². The van der Waals surface area contributed by atoms with Crippen molar-refractivity contribution in [2.45, 2.75) is 13.8 Å². The number of carbonyl (C=O) groups excluding carboxylic acids is 2. The summed E-state index contributed by atoms with van der Waals surface area (Å²) in [6.07, 6.45) is 0. The highest BCUT2D eigenvalue weighted by atomic mass is 16.5. The summed E-state index contributed by atoms with van der Waals surface area (Å²) in [4.78, 5) is 28.1. The van der Waals surface area contributed by atoms with E-state index in [9.17, 15) is 9.59 Å². The highest BCUT2D eigenvalue weighted by Gasteiger charge is 2.41. The first-order valence-corrected chi connectivity index (χ1v) is 9.66. The summed E-state index contributed by atoms with van der Waals surface area (Å²) in [5, 5.41) is 3.18. The van der Waals surface area contributed by atoms with E-state index in [1.165, 1.54) is 4.90 Å². The van der Waals surface area contributed by atoms with Crippen LogP contribution in [-0.2, 0) is 9.59 Å². The number of rotatable bonds is 5. The number of aryl methyl sites for hydroxylation is 2. The summed E-state index contributed by atoms with van der Waals surface area (Å²) in [6, 6.07) is 22.2. The average Bonchev–Trinajstić information content (AvgIpc) is 2.98. The molecule has 1 aliphatic heterocycles. The molecule has 5 nitrogen and oxygen atoms in total. The lowest BCUT2D eigenvalue weighted by Gasteiger charge is -2.16. The van der Waals surface area contributed by atoms with E-state index in [0.29, 0.717) is 22.6 Å². The van der Waals surface area contributed by atoms with Gasteiger partial charge in [-0.3, -0.25) is 9.59 Å². The van der Waals surface area contributed by atoms with Crippen molar-refractivity contribution in [2.24, 2.45) is 0 Å². The number of hydrogen-bond donors (Lipinski definition) is 1. The SMILES string of the molecule is COc1ccccc1C1=C(Nc2cccc(C)c2)C(=O)N(c2ccc(C)cc2)C1=O. The fourth-order valence-electron chi connectivity index (χ4n) is 3.54. The lowest BCUT2D eigenvalue weighted by atomic mass is 10.0. The Hall–Kier alpha value is -3.86. The zero-order valence-electron chi connectivity index (χ0n) is 17.1. The molecule has 0 unspecified atom stereocenters. The van der Waals surface area contributed by atoms with Gasteiger partial charge in [0.05, 0.1) is 18.4 Å². The molecular formula is C25H22N2O3. The Morgan fingerprint density at radius 3 is 2.23 bits per heavy atom. The van der Waals surface area contributed by atoms with Crippen molar-refractivity contribution < 1.29 is 14.3 Å². The third-order valence-corrected chi connectivity index (χ3v) is 5.04. The number of nitrogens with one attached hydrogen (secondary N) is 1. The second kappa shape index (κ2) is 7.87. The Balaban J connectivity index is 1.86. The molecule has 0 aromatic heterocycles.